The molecule has 2 saturated heterocycles. The van der Waals surface area contributed by atoms with Crippen LogP contribution in [0.5, 0.6) is 0 Å². The fraction of sp³-hybridized carbons (Fsp3) is 0.536. The van der Waals surface area contributed by atoms with E-state index < -0.39 is 39.4 Å². The Labute approximate surface area is 216 Å². The lowest BCUT2D eigenvalue weighted by Crippen LogP contribution is -2.56. The number of ether oxygens (including phenoxy) is 1. The van der Waals surface area contributed by atoms with E-state index in [1.807, 2.05) is 75.4 Å². The first kappa shape index (κ1) is 25.1. The van der Waals surface area contributed by atoms with Crippen molar-refractivity contribution in [3.63, 3.8) is 0 Å². The monoisotopic (exact) mass is 510 g/mol. The summed E-state index contributed by atoms with van der Waals surface area (Å²) >= 11 is 1.53. The molecule has 2 amide bonds. The number of cyclic esters (lactones) is 1. The Bertz CT molecular complexity index is 1100. The number of amides is 2. The Morgan fingerprint density at radius 3 is 2.53 bits per heavy atom. The number of carbonyl (C=O) groups is 3. The van der Waals surface area contributed by atoms with E-state index in [2.05, 4.69) is 0 Å². The average molecular weight is 511 g/mol. The lowest BCUT2D eigenvalue weighted by atomic mass is 9.75. The van der Waals surface area contributed by atoms with Crippen molar-refractivity contribution in [2.45, 2.75) is 55.3 Å². The van der Waals surface area contributed by atoms with Gasteiger partial charge >= 0.3 is 5.97 Å². The maximum absolute atomic E-state index is 14.4. The Kier molecular flexibility index (Phi) is 6.53. The maximum Gasteiger partial charge on any atom is 0.311 e. The van der Waals surface area contributed by atoms with Crippen molar-refractivity contribution in [2.24, 2.45) is 17.8 Å². The van der Waals surface area contributed by atoms with Crippen LogP contribution >= 0.6 is 11.8 Å². The number of aliphatic hydroxyl groups is 1. The number of aliphatic hydroxyl groups excluding tert-OH is 1. The highest BCUT2D eigenvalue weighted by atomic mass is 32.2. The zero-order chi connectivity index (χ0) is 25.7. The Morgan fingerprint density at radius 2 is 1.83 bits per heavy atom. The number of fused-ring (bicyclic) bond motifs is 2. The molecule has 5 rings (SSSR count). The van der Waals surface area contributed by atoms with Crippen LogP contribution in [0, 0.1) is 17.8 Å². The zero-order valence-electron chi connectivity index (χ0n) is 21.0. The summed E-state index contributed by atoms with van der Waals surface area (Å²) in [5.41, 5.74) is 1.01. The average Bonchev–Trinajstić information content (AvgIpc) is 3.11. The van der Waals surface area contributed by atoms with Crippen LogP contribution in [-0.2, 0) is 25.7 Å². The molecule has 0 saturated carbocycles. The van der Waals surface area contributed by atoms with Crippen LogP contribution in [0.15, 0.2) is 54.6 Å². The molecule has 0 aliphatic carbocycles. The molecule has 6 atom stereocenters. The molecule has 0 aromatic heterocycles. The molecule has 1 unspecified atom stereocenters. The molecule has 8 heteroatoms. The molecule has 0 radical (unpaired) electrons. The second-order valence-electron chi connectivity index (χ2n) is 10.8. The van der Waals surface area contributed by atoms with E-state index in [9.17, 15) is 19.5 Å². The van der Waals surface area contributed by atoms with Gasteiger partial charge < -0.3 is 19.6 Å². The van der Waals surface area contributed by atoms with Gasteiger partial charge in [0, 0.05) is 17.8 Å². The molecule has 1 N–H and O–H groups in total. The number of likely N-dealkylation sites (tertiary alicyclic amines) is 1. The van der Waals surface area contributed by atoms with Gasteiger partial charge in [-0.25, -0.2) is 0 Å². The van der Waals surface area contributed by atoms with Crippen LogP contribution in [0.25, 0.3) is 0 Å². The topological polar surface area (TPSA) is 87.2 Å². The maximum atomic E-state index is 14.4. The summed E-state index contributed by atoms with van der Waals surface area (Å²) in [5, 5.41) is 10.4. The van der Waals surface area contributed by atoms with Gasteiger partial charge in [-0.3, -0.25) is 14.4 Å². The van der Waals surface area contributed by atoms with Gasteiger partial charge in [0.2, 0.25) is 11.8 Å². The summed E-state index contributed by atoms with van der Waals surface area (Å²) in [4.78, 5) is 45.3. The lowest BCUT2D eigenvalue weighted by Gasteiger charge is -2.40. The van der Waals surface area contributed by atoms with E-state index in [4.69, 9.17) is 4.74 Å². The van der Waals surface area contributed by atoms with E-state index in [0.717, 1.165) is 5.56 Å². The highest BCUT2D eigenvalue weighted by molar-refractivity contribution is 8.02. The Hall–Kier alpha value is -2.58. The molecule has 192 valence electrons. The van der Waals surface area contributed by atoms with Crippen molar-refractivity contribution in [1.29, 1.82) is 0 Å². The first-order chi connectivity index (χ1) is 17.2. The molecule has 7 nitrogen and oxygen atoms in total. The second-order valence-corrected chi connectivity index (χ2v) is 12.6. The van der Waals surface area contributed by atoms with Crippen LogP contribution in [0.1, 0.15) is 32.8 Å². The third kappa shape index (κ3) is 3.89. The summed E-state index contributed by atoms with van der Waals surface area (Å²) in [6, 6.07) is 8.47. The normalized spacial score (nSPS) is 34.2. The SMILES string of the molecule is CC(C)C[C@H](CO)N1C(=O)[C@@H]2[C@H]3C(=O)OCC=C[C@@]3(C)S[C@@]23C=CCN(Cc2ccccc2)C(=O)C13. The van der Waals surface area contributed by atoms with Gasteiger partial charge in [0.05, 0.1) is 29.2 Å². The summed E-state index contributed by atoms with van der Waals surface area (Å²) in [6.07, 6.45) is 8.33. The predicted molar refractivity (Wildman–Crippen MR) is 138 cm³/mol. The number of nitrogens with zero attached hydrogens (tertiary/aromatic N) is 2. The first-order valence-electron chi connectivity index (χ1n) is 12.7. The predicted octanol–water partition coefficient (Wildman–Crippen LogP) is 2.79. The van der Waals surface area contributed by atoms with E-state index in [-0.39, 0.29) is 30.9 Å². The summed E-state index contributed by atoms with van der Waals surface area (Å²) in [7, 11) is 0. The minimum Gasteiger partial charge on any atom is -0.461 e. The van der Waals surface area contributed by atoms with E-state index in [1.54, 1.807) is 9.80 Å². The standard InChI is InChI=1S/C28H34N2O5S/c1-18(2)15-20(17-31)30-23-25(33)29(16-19-9-5-4-6-10-19)13-7-12-28(23)21(24(30)32)22-26(34)35-14-8-11-27(22,3)36-28/h4-12,18,20-23,31H,13-17H2,1-3H3/t20-,21+,22+,23?,27-,28+/m1/s1. The van der Waals surface area contributed by atoms with Gasteiger partial charge in [0.15, 0.2) is 0 Å². The fourth-order valence-electron chi connectivity index (χ4n) is 6.50. The van der Waals surface area contributed by atoms with Gasteiger partial charge in [-0.2, -0.15) is 0 Å². The van der Waals surface area contributed by atoms with Crippen molar-refractivity contribution in [1.82, 2.24) is 9.80 Å². The number of carbonyl (C=O) groups excluding carboxylic acids is 3. The van der Waals surface area contributed by atoms with Gasteiger partial charge in [0.25, 0.3) is 0 Å². The van der Waals surface area contributed by atoms with Gasteiger partial charge in [-0.05, 0) is 30.9 Å². The minimum absolute atomic E-state index is 0.146. The molecule has 4 heterocycles. The third-order valence-electron chi connectivity index (χ3n) is 7.90. The fourth-order valence-corrected chi connectivity index (χ4v) is 8.64. The number of thioether (sulfide) groups is 1. The number of hydrogen-bond donors (Lipinski definition) is 1. The molecule has 0 bridgehead atoms. The summed E-state index contributed by atoms with van der Waals surface area (Å²) < 4.78 is 3.88. The van der Waals surface area contributed by atoms with Crippen molar-refractivity contribution in [3.05, 3.63) is 60.2 Å². The highest BCUT2D eigenvalue weighted by Crippen LogP contribution is 2.65. The second kappa shape index (κ2) is 9.38. The van der Waals surface area contributed by atoms with E-state index >= 15 is 0 Å². The molecule has 1 aromatic carbocycles. The largest absolute Gasteiger partial charge is 0.461 e. The third-order valence-corrected chi connectivity index (χ3v) is 9.69. The minimum atomic E-state index is -0.926. The lowest BCUT2D eigenvalue weighted by molar-refractivity contribution is -0.153. The van der Waals surface area contributed by atoms with Crippen LogP contribution in [-0.4, -0.2) is 74.0 Å². The van der Waals surface area contributed by atoms with Crippen molar-refractivity contribution < 1.29 is 24.2 Å². The molecule has 1 spiro atoms. The quantitative estimate of drug-likeness (QED) is 0.468. The number of hydrogen-bond acceptors (Lipinski definition) is 6. The molecular weight excluding hydrogens is 476 g/mol. The first-order valence-corrected chi connectivity index (χ1v) is 13.5. The molecule has 1 aromatic rings. The Balaban J connectivity index is 1.62. The van der Waals surface area contributed by atoms with Crippen LogP contribution < -0.4 is 0 Å². The van der Waals surface area contributed by atoms with Crippen molar-refractivity contribution in [2.75, 3.05) is 19.8 Å². The Morgan fingerprint density at radius 1 is 1.08 bits per heavy atom. The smallest absolute Gasteiger partial charge is 0.311 e. The zero-order valence-corrected chi connectivity index (χ0v) is 21.8. The van der Waals surface area contributed by atoms with E-state index in [0.29, 0.717) is 19.5 Å². The summed E-state index contributed by atoms with van der Waals surface area (Å²) in [5.74, 6) is -2.03. The number of rotatable bonds is 6. The molecule has 4 aliphatic rings. The number of esters is 1. The van der Waals surface area contributed by atoms with Gasteiger partial charge in [-0.1, -0.05) is 62.4 Å². The van der Waals surface area contributed by atoms with E-state index in [1.165, 1.54) is 11.8 Å². The number of benzene rings is 1. The summed E-state index contributed by atoms with van der Waals surface area (Å²) in [6.45, 7) is 6.82. The van der Waals surface area contributed by atoms with Gasteiger partial charge in [-0.15, -0.1) is 11.8 Å². The van der Waals surface area contributed by atoms with Gasteiger partial charge in [0.1, 0.15) is 12.6 Å². The van der Waals surface area contributed by atoms with Crippen LogP contribution in [0.4, 0.5) is 0 Å². The molecule has 2 fully saturated rings. The molecular formula is C28H34N2O5S. The van der Waals surface area contributed by atoms with Crippen molar-refractivity contribution in [3.8, 4) is 0 Å². The molecule has 4 aliphatic heterocycles. The van der Waals surface area contributed by atoms with Crippen LogP contribution in [0.3, 0.4) is 0 Å². The van der Waals surface area contributed by atoms with Crippen molar-refractivity contribution >= 4 is 29.5 Å². The van der Waals surface area contributed by atoms with Crippen LogP contribution in [0.2, 0.25) is 0 Å². The highest BCUT2D eigenvalue weighted by Gasteiger charge is 2.74. The molecule has 36 heavy (non-hydrogen) atoms.